The van der Waals surface area contributed by atoms with Gasteiger partial charge in [0.2, 0.25) is 0 Å². The zero-order valence-electron chi connectivity index (χ0n) is 12.6. The average Bonchev–Trinajstić information content (AvgIpc) is 2.55. The third-order valence-corrected chi connectivity index (χ3v) is 3.39. The summed E-state index contributed by atoms with van der Waals surface area (Å²) >= 11 is 0. The Balaban J connectivity index is 2.02. The second kappa shape index (κ2) is 7.70. The summed E-state index contributed by atoms with van der Waals surface area (Å²) in [6.07, 6.45) is 1.53. The van der Waals surface area contributed by atoms with Crippen molar-refractivity contribution in [1.82, 2.24) is 0 Å². The van der Waals surface area contributed by atoms with Crippen molar-refractivity contribution < 1.29 is 14.6 Å². The van der Waals surface area contributed by atoms with Crippen LogP contribution in [0.4, 0.5) is 0 Å². The van der Waals surface area contributed by atoms with Crippen molar-refractivity contribution in [2.24, 2.45) is 0 Å². The topological polar surface area (TPSA) is 38.7 Å². The van der Waals surface area contributed by atoms with Crippen molar-refractivity contribution in [3.63, 3.8) is 0 Å². The summed E-state index contributed by atoms with van der Waals surface area (Å²) in [4.78, 5) is 0. The molecule has 1 atom stereocenters. The van der Waals surface area contributed by atoms with Gasteiger partial charge in [-0.3, -0.25) is 0 Å². The maximum absolute atomic E-state index is 10.4. The van der Waals surface area contributed by atoms with Crippen LogP contribution in [0.15, 0.2) is 48.5 Å². The van der Waals surface area contributed by atoms with Gasteiger partial charge in [-0.05, 0) is 41.8 Å². The van der Waals surface area contributed by atoms with Crippen LogP contribution in [0.2, 0.25) is 0 Å². The Hall–Kier alpha value is -2.00. The van der Waals surface area contributed by atoms with E-state index in [9.17, 15) is 5.11 Å². The number of hydrogen-bond donors (Lipinski definition) is 1. The van der Waals surface area contributed by atoms with Crippen LogP contribution in [-0.4, -0.2) is 18.8 Å². The molecule has 21 heavy (non-hydrogen) atoms. The van der Waals surface area contributed by atoms with Crippen molar-refractivity contribution in [3.8, 4) is 11.5 Å². The molecule has 0 aliphatic carbocycles. The van der Waals surface area contributed by atoms with E-state index >= 15 is 0 Å². The number of rotatable bonds is 7. The minimum Gasteiger partial charge on any atom is -0.497 e. The third-order valence-electron chi connectivity index (χ3n) is 3.39. The SMILES string of the molecule is CCCCOc1ccc(C(O)c2ccc(OC)cc2)cc1. The Morgan fingerprint density at radius 2 is 1.43 bits per heavy atom. The first-order valence-corrected chi connectivity index (χ1v) is 7.29. The molecule has 0 fully saturated rings. The Bertz CT molecular complexity index is 531. The van der Waals surface area contributed by atoms with E-state index in [1.54, 1.807) is 7.11 Å². The first-order chi connectivity index (χ1) is 10.2. The van der Waals surface area contributed by atoms with Crippen LogP contribution in [0.1, 0.15) is 37.0 Å². The van der Waals surface area contributed by atoms with E-state index < -0.39 is 6.10 Å². The van der Waals surface area contributed by atoms with Crippen LogP contribution in [0.3, 0.4) is 0 Å². The van der Waals surface area contributed by atoms with E-state index in [0.717, 1.165) is 42.1 Å². The molecule has 3 heteroatoms. The second-order valence-corrected chi connectivity index (χ2v) is 4.95. The highest BCUT2D eigenvalue weighted by molar-refractivity contribution is 5.36. The molecule has 2 aromatic carbocycles. The van der Waals surface area contributed by atoms with Crippen LogP contribution in [0.25, 0.3) is 0 Å². The fourth-order valence-electron chi connectivity index (χ4n) is 2.06. The third kappa shape index (κ3) is 4.23. The van der Waals surface area contributed by atoms with Crippen molar-refractivity contribution in [3.05, 3.63) is 59.7 Å². The number of benzene rings is 2. The Morgan fingerprint density at radius 1 is 0.905 bits per heavy atom. The van der Waals surface area contributed by atoms with Gasteiger partial charge >= 0.3 is 0 Å². The Morgan fingerprint density at radius 3 is 1.90 bits per heavy atom. The van der Waals surface area contributed by atoms with Crippen LogP contribution in [0.5, 0.6) is 11.5 Å². The molecule has 1 unspecified atom stereocenters. The van der Waals surface area contributed by atoms with Gasteiger partial charge in [0.25, 0.3) is 0 Å². The predicted octanol–water partition coefficient (Wildman–Crippen LogP) is 3.96. The van der Waals surface area contributed by atoms with Crippen LogP contribution < -0.4 is 9.47 Å². The summed E-state index contributed by atoms with van der Waals surface area (Å²) in [5.74, 6) is 1.62. The van der Waals surface area contributed by atoms with E-state index in [1.807, 2.05) is 48.5 Å². The van der Waals surface area contributed by atoms with E-state index in [2.05, 4.69) is 6.92 Å². The van der Waals surface area contributed by atoms with E-state index in [1.165, 1.54) is 0 Å². The van der Waals surface area contributed by atoms with Crippen molar-refractivity contribution in [1.29, 1.82) is 0 Å². The molecule has 1 N–H and O–H groups in total. The fourth-order valence-corrected chi connectivity index (χ4v) is 2.06. The van der Waals surface area contributed by atoms with E-state index in [-0.39, 0.29) is 0 Å². The Kier molecular flexibility index (Phi) is 5.64. The molecule has 0 spiro atoms. The highest BCUT2D eigenvalue weighted by Crippen LogP contribution is 2.25. The molecule has 2 aromatic rings. The lowest BCUT2D eigenvalue weighted by Gasteiger charge is -2.13. The summed E-state index contributed by atoms with van der Waals surface area (Å²) in [6, 6.07) is 15.0. The zero-order valence-corrected chi connectivity index (χ0v) is 12.6. The molecule has 0 aromatic heterocycles. The minimum atomic E-state index is -0.638. The number of aliphatic hydroxyl groups is 1. The molecule has 0 amide bonds. The molecule has 112 valence electrons. The predicted molar refractivity (Wildman–Crippen MR) is 83.9 cm³/mol. The normalized spacial score (nSPS) is 12.0. The largest absolute Gasteiger partial charge is 0.497 e. The van der Waals surface area contributed by atoms with Gasteiger partial charge in [-0.1, -0.05) is 37.6 Å². The highest BCUT2D eigenvalue weighted by atomic mass is 16.5. The molecule has 0 aliphatic heterocycles. The van der Waals surface area contributed by atoms with Crippen LogP contribution in [-0.2, 0) is 0 Å². The molecule has 0 radical (unpaired) electrons. The van der Waals surface area contributed by atoms with Crippen molar-refractivity contribution in [2.75, 3.05) is 13.7 Å². The molecule has 0 saturated carbocycles. The second-order valence-electron chi connectivity index (χ2n) is 4.95. The van der Waals surface area contributed by atoms with Gasteiger partial charge in [0.15, 0.2) is 0 Å². The van der Waals surface area contributed by atoms with E-state index in [4.69, 9.17) is 9.47 Å². The lowest BCUT2D eigenvalue weighted by atomic mass is 10.0. The summed E-state index contributed by atoms with van der Waals surface area (Å²) in [7, 11) is 1.63. The summed E-state index contributed by atoms with van der Waals surface area (Å²) in [5, 5.41) is 10.4. The molecule has 0 heterocycles. The average molecular weight is 286 g/mol. The van der Waals surface area contributed by atoms with Gasteiger partial charge < -0.3 is 14.6 Å². The monoisotopic (exact) mass is 286 g/mol. The van der Waals surface area contributed by atoms with Crippen molar-refractivity contribution >= 4 is 0 Å². The van der Waals surface area contributed by atoms with Crippen LogP contribution in [0, 0.1) is 0 Å². The molecular weight excluding hydrogens is 264 g/mol. The standard InChI is InChI=1S/C18H22O3/c1-3-4-13-21-17-11-7-15(8-12-17)18(19)14-5-9-16(20-2)10-6-14/h5-12,18-19H,3-4,13H2,1-2H3. The smallest absolute Gasteiger partial charge is 0.119 e. The molecule has 3 nitrogen and oxygen atoms in total. The lowest BCUT2D eigenvalue weighted by Crippen LogP contribution is -2.00. The molecule has 0 saturated heterocycles. The maximum Gasteiger partial charge on any atom is 0.119 e. The quantitative estimate of drug-likeness (QED) is 0.783. The Labute approximate surface area is 126 Å². The lowest BCUT2D eigenvalue weighted by molar-refractivity contribution is 0.220. The van der Waals surface area contributed by atoms with Gasteiger partial charge in [0, 0.05) is 0 Å². The summed E-state index contributed by atoms with van der Waals surface area (Å²) in [5.41, 5.74) is 1.69. The number of unbranched alkanes of at least 4 members (excludes halogenated alkanes) is 1. The maximum atomic E-state index is 10.4. The van der Waals surface area contributed by atoms with Crippen molar-refractivity contribution in [2.45, 2.75) is 25.9 Å². The molecule has 0 aliphatic rings. The van der Waals surface area contributed by atoms with Gasteiger partial charge in [0.05, 0.1) is 13.7 Å². The summed E-state index contributed by atoms with van der Waals surface area (Å²) < 4.78 is 10.7. The van der Waals surface area contributed by atoms with Gasteiger partial charge in [0.1, 0.15) is 17.6 Å². The molecule has 2 rings (SSSR count). The molecule has 0 bridgehead atoms. The fraction of sp³-hybridized carbons (Fsp3) is 0.333. The molecular formula is C18H22O3. The van der Waals surface area contributed by atoms with Gasteiger partial charge in [-0.15, -0.1) is 0 Å². The highest BCUT2D eigenvalue weighted by Gasteiger charge is 2.10. The first-order valence-electron chi connectivity index (χ1n) is 7.29. The summed E-state index contributed by atoms with van der Waals surface area (Å²) in [6.45, 7) is 2.87. The number of aliphatic hydroxyl groups excluding tert-OH is 1. The first kappa shape index (κ1) is 15.4. The number of methoxy groups -OCH3 is 1. The minimum absolute atomic E-state index is 0.638. The van der Waals surface area contributed by atoms with E-state index in [0.29, 0.717) is 0 Å². The van der Waals surface area contributed by atoms with Crippen LogP contribution >= 0.6 is 0 Å². The van der Waals surface area contributed by atoms with Gasteiger partial charge in [-0.2, -0.15) is 0 Å². The zero-order chi connectivity index (χ0) is 15.1. The van der Waals surface area contributed by atoms with Gasteiger partial charge in [-0.25, -0.2) is 0 Å². The number of hydrogen-bond acceptors (Lipinski definition) is 3. The number of ether oxygens (including phenoxy) is 2.